The van der Waals surface area contributed by atoms with Crippen molar-refractivity contribution in [1.29, 1.82) is 0 Å². The first-order chi connectivity index (χ1) is 13.7. The van der Waals surface area contributed by atoms with Gasteiger partial charge in [-0.05, 0) is 6.42 Å². The highest BCUT2D eigenvalue weighted by molar-refractivity contribution is 7.13. The zero-order valence-electron chi connectivity index (χ0n) is 17.1. The van der Waals surface area contributed by atoms with Crippen molar-refractivity contribution < 1.29 is 37.3 Å². The summed E-state index contributed by atoms with van der Waals surface area (Å²) in [5.74, 6) is 0.513. The molecule has 0 radical (unpaired) electrons. The molecule has 28 heavy (non-hydrogen) atoms. The van der Waals surface area contributed by atoms with Crippen molar-refractivity contribution in [3.8, 4) is 0 Å². The molecule has 0 bridgehead atoms. The quantitative estimate of drug-likeness (QED) is 0.0980. The molecule has 170 valence electrons. The lowest BCUT2D eigenvalue weighted by Crippen LogP contribution is -2.38. The Morgan fingerprint density at radius 3 is 1.29 bits per heavy atom. The molecule has 0 saturated heterocycles. The second-order valence-electron chi connectivity index (χ2n) is 5.58. The summed E-state index contributed by atoms with van der Waals surface area (Å²) < 4.78 is 42.9. The van der Waals surface area contributed by atoms with Gasteiger partial charge in [-0.1, -0.05) is 11.1 Å². The van der Waals surface area contributed by atoms with E-state index in [1.165, 1.54) is 0 Å². The Morgan fingerprint density at radius 1 is 0.571 bits per heavy atom. The third-order valence-electron chi connectivity index (χ3n) is 3.31. The van der Waals surface area contributed by atoms with Crippen molar-refractivity contribution in [2.75, 3.05) is 99.4 Å². The summed E-state index contributed by atoms with van der Waals surface area (Å²) in [4.78, 5) is 0. The molecule has 0 rings (SSSR count). The molecule has 0 saturated carbocycles. The van der Waals surface area contributed by atoms with Crippen molar-refractivity contribution in [2.24, 2.45) is 0 Å². The largest absolute Gasteiger partial charge is 0.443 e. The lowest BCUT2D eigenvalue weighted by atomic mass is 10.6. The van der Waals surface area contributed by atoms with Crippen LogP contribution in [0.2, 0.25) is 6.04 Å². The minimum Gasteiger partial charge on any atom is -0.382 e. The maximum absolute atomic E-state index is 6.56. The zero-order chi connectivity index (χ0) is 20.8. The van der Waals surface area contributed by atoms with Gasteiger partial charge in [0, 0.05) is 26.1 Å². The lowest BCUT2D eigenvalue weighted by molar-refractivity contribution is 0.00868. The minimum absolute atomic E-state index is 0.365. The molecule has 11 heteroatoms. The fourth-order valence-corrected chi connectivity index (χ4v) is 4.87. The third kappa shape index (κ3) is 19.8. The van der Waals surface area contributed by atoms with E-state index < -0.39 is 7.87 Å². The van der Waals surface area contributed by atoms with Gasteiger partial charge in [0.15, 0.2) is 0 Å². The minimum atomic E-state index is -2.81. The Hall–Kier alpha value is 0.477. The van der Waals surface area contributed by atoms with E-state index in [0.29, 0.717) is 91.2 Å². The van der Waals surface area contributed by atoms with Gasteiger partial charge in [0.25, 0.3) is 0 Å². The molecule has 0 heterocycles. The third-order valence-corrected chi connectivity index (χ3v) is 7.02. The molecule has 0 aliphatic rings. The van der Waals surface area contributed by atoms with Crippen LogP contribution in [0, 0.1) is 0 Å². The van der Waals surface area contributed by atoms with E-state index in [1.54, 1.807) is 14.2 Å². The Bertz CT molecular complexity index is 297. The summed E-state index contributed by atoms with van der Waals surface area (Å²) in [6.07, 6.45) is 0.736. The number of halogens is 2. The fraction of sp³-hybridized carbons (Fsp3) is 1.00. The molecule has 8 nitrogen and oxygen atoms in total. The van der Waals surface area contributed by atoms with Crippen LogP contribution in [0.3, 0.4) is 0 Å². The van der Waals surface area contributed by atoms with Gasteiger partial charge >= 0.3 is 7.87 Å². The van der Waals surface area contributed by atoms with Gasteiger partial charge in [-0.3, -0.25) is 0 Å². The first kappa shape index (κ1) is 28.5. The van der Waals surface area contributed by atoms with Crippen LogP contribution in [0.15, 0.2) is 0 Å². The molecule has 0 aromatic heterocycles. The van der Waals surface area contributed by atoms with Crippen LogP contribution in [-0.4, -0.2) is 107 Å². The Kier molecular flexibility index (Phi) is 22.5. The number of hydrogen-bond acceptors (Lipinski definition) is 8. The van der Waals surface area contributed by atoms with E-state index in [1.807, 2.05) is 0 Å². The predicted molar refractivity (Wildman–Crippen MR) is 111 cm³/mol. The molecule has 0 aromatic carbocycles. The van der Waals surface area contributed by atoms with E-state index in [0.717, 1.165) is 6.42 Å². The molecule has 0 spiro atoms. The number of methoxy groups -OCH3 is 2. The van der Waals surface area contributed by atoms with Gasteiger partial charge in [0.05, 0.1) is 79.3 Å². The molecule has 0 fully saturated rings. The van der Waals surface area contributed by atoms with Gasteiger partial charge in [-0.2, -0.15) is 0 Å². The Labute approximate surface area is 179 Å². The first-order valence-corrected chi connectivity index (χ1v) is 13.1. The molecule has 0 aliphatic carbocycles. The van der Waals surface area contributed by atoms with Crippen molar-refractivity contribution in [3.63, 3.8) is 0 Å². The molecular formula is C17H36Cl2O8Si. The van der Waals surface area contributed by atoms with E-state index in [2.05, 4.69) is 0 Å². The fourth-order valence-electron chi connectivity index (χ4n) is 1.90. The maximum Gasteiger partial charge on any atom is 0.443 e. The standard InChI is InChI=1S/C17H36Cl2O8Si/c1-20-5-7-22-9-11-24-13-15-26-28(19,17-3-4-18)27-16-14-25-12-10-23-8-6-21-2/h3-17H2,1-2H3. The van der Waals surface area contributed by atoms with Crippen LogP contribution in [-0.2, 0) is 37.3 Å². The zero-order valence-corrected chi connectivity index (χ0v) is 19.6. The van der Waals surface area contributed by atoms with E-state index in [-0.39, 0.29) is 0 Å². The summed E-state index contributed by atoms with van der Waals surface area (Å²) >= 11 is 12.3. The lowest BCUT2D eigenvalue weighted by Gasteiger charge is -2.24. The Balaban J connectivity index is 3.75. The SMILES string of the molecule is COCCOCCOCCO[Si](Cl)(CCCCl)OCCOCCOCCOC. The Morgan fingerprint density at radius 2 is 0.929 bits per heavy atom. The second-order valence-corrected chi connectivity index (χ2v) is 10.1. The van der Waals surface area contributed by atoms with Crippen LogP contribution in [0.4, 0.5) is 0 Å². The highest BCUT2D eigenvalue weighted by Crippen LogP contribution is 2.21. The van der Waals surface area contributed by atoms with Crippen LogP contribution >= 0.6 is 22.7 Å². The highest BCUT2D eigenvalue weighted by Gasteiger charge is 2.35. The molecule has 0 N–H and O–H groups in total. The summed E-state index contributed by atoms with van der Waals surface area (Å²) in [5, 5.41) is 0. The predicted octanol–water partition coefficient (Wildman–Crippen LogP) is 2.19. The van der Waals surface area contributed by atoms with E-state index in [9.17, 15) is 0 Å². The number of ether oxygens (including phenoxy) is 6. The maximum atomic E-state index is 6.56. The van der Waals surface area contributed by atoms with Crippen molar-refractivity contribution in [1.82, 2.24) is 0 Å². The van der Waals surface area contributed by atoms with E-state index >= 15 is 0 Å². The first-order valence-electron chi connectivity index (χ1n) is 9.50. The molecule has 0 unspecified atom stereocenters. The summed E-state index contributed by atoms with van der Waals surface area (Å²) in [6.45, 7) is 5.86. The molecule has 0 atom stereocenters. The number of hydrogen-bond donors (Lipinski definition) is 0. The molecule has 0 aromatic rings. The number of alkyl halides is 1. The van der Waals surface area contributed by atoms with Crippen molar-refractivity contribution in [3.05, 3.63) is 0 Å². The normalized spacial score (nSPS) is 12.0. The van der Waals surface area contributed by atoms with Crippen LogP contribution in [0.1, 0.15) is 6.42 Å². The monoisotopic (exact) mass is 466 g/mol. The topological polar surface area (TPSA) is 73.8 Å². The summed E-state index contributed by atoms with van der Waals surface area (Å²) in [6, 6.07) is 0.609. The van der Waals surface area contributed by atoms with Gasteiger partial charge in [-0.15, -0.1) is 11.6 Å². The average Bonchev–Trinajstić information content (AvgIpc) is 2.70. The van der Waals surface area contributed by atoms with Gasteiger partial charge in [-0.25, -0.2) is 0 Å². The van der Waals surface area contributed by atoms with Crippen LogP contribution < -0.4 is 0 Å². The van der Waals surface area contributed by atoms with Gasteiger partial charge < -0.3 is 37.3 Å². The van der Waals surface area contributed by atoms with Gasteiger partial charge in [0.1, 0.15) is 0 Å². The van der Waals surface area contributed by atoms with Gasteiger partial charge in [0.2, 0.25) is 0 Å². The highest BCUT2D eigenvalue weighted by atomic mass is 35.6. The molecule has 0 aliphatic heterocycles. The van der Waals surface area contributed by atoms with Crippen molar-refractivity contribution in [2.45, 2.75) is 12.5 Å². The number of rotatable bonds is 23. The summed E-state index contributed by atoms with van der Waals surface area (Å²) in [7, 11) is 0.461. The molecule has 0 amide bonds. The summed E-state index contributed by atoms with van der Waals surface area (Å²) in [5.41, 5.74) is 0. The smallest absolute Gasteiger partial charge is 0.382 e. The second kappa shape index (κ2) is 22.2. The van der Waals surface area contributed by atoms with Crippen LogP contribution in [0.5, 0.6) is 0 Å². The molecular weight excluding hydrogens is 431 g/mol. The average molecular weight is 467 g/mol. The van der Waals surface area contributed by atoms with Crippen LogP contribution in [0.25, 0.3) is 0 Å². The van der Waals surface area contributed by atoms with Crippen molar-refractivity contribution >= 4 is 30.6 Å². The van der Waals surface area contributed by atoms with E-state index in [4.69, 9.17) is 60.0 Å².